The number of para-hydroxylation sites is 1. The Bertz CT molecular complexity index is 606. The summed E-state index contributed by atoms with van der Waals surface area (Å²) in [6.07, 6.45) is 1.13. The molecule has 1 N–H and O–H groups in total. The third-order valence-electron chi connectivity index (χ3n) is 4.13. The van der Waals surface area contributed by atoms with Crippen molar-refractivity contribution in [2.24, 2.45) is 0 Å². The molecule has 0 aliphatic rings. The number of aryl methyl sites for hydroxylation is 2. The van der Waals surface area contributed by atoms with Crippen LogP contribution in [0.1, 0.15) is 42.9 Å². The Morgan fingerprint density at radius 1 is 1.09 bits per heavy atom. The fourth-order valence-corrected chi connectivity index (χ4v) is 2.51. The van der Waals surface area contributed by atoms with Gasteiger partial charge in [-0.25, -0.2) is 0 Å². The van der Waals surface area contributed by atoms with E-state index in [1.165, 1.54) is 22.4 Å². The molecule has 0 saturated carbocycles. The standard InChI is InChI=1S/C20H27NO/c1-5-16(3)18-8-6-7-9-20(18)22-13-12-21-19-14-15(2)10-11-17(19)4/h6-11,14,16,21H,5,12-13H2,1-4H3. The highest BCUT2D eigenvalue weighted by molar-refractivity contribution is 5.52. The summed E-state index contributed by atoms with van der Waals surface area (Å²) in [5.74, 6) is 1.54. The Hall–Kier alpha value is -1.96. The largest absolute Gasteiger partial charge is 0.491 e. The monoisotopic (exact) mass is 297 g/mol. The average Bonchev–Trinajstić information content (AvgIpc) is 2.54. The molecule has 22 heavy (non-hydrogen) atoms. The summed E-state index contributed by atoms with van der Waals surface area (Å²) in [6, 6.07) is 14.8. The smallest absolute Gasteiger partial charge is 0.122 e. The molecule has 2 rings (SSSR count). The number of anilines is 1. The van der Waals surface area contributed by atoms with Crippen LogP contribution in [0.15, 0.2) is 42.5 Å². The molecule has 2 heteroatoms. The summed E-state index contributed by atoms with van der Waals surface area (Å²) < 4.78 is 5.99. The maximum atomic E-state index is 5.99. The van der Waals surface area contributed by atoms with Gasteiger partial charge in [-0.3, -0.25) is 0 Å². The Labute approximate surface area is 134 Å². The number of hydrogen-bond donors (Lipinski definition) is 1. The highest BCUT2D eigenvalue weighted by atomic mass is 16.5. The zero-order valence-electron chi connectivity index (χ0n) is 14.1. The summed E-state index contributed by atoms with van der Waals surface area (Å²) in [6.45, 7) is 10.2. The molecule has 0 fully saturated rings. The van der Waals surface area contributed by atoms with Crippen LogP contribution in [0.2, 0.25) is 0 Å². The van der Waals surface area contributed by atoms with Crippen LogP contribution in [-0.4, -0.2) is 13.2 Å². The van der Waals surface area contributed by atoms with Crippen LogP contribution < -0.4 is 10.1 Å². The van der Waals surface area contributed by atoms with Crippen LogP contribution in [-0.2, 0) is 0 Å². The molecule has 2 aromatic rings. The normalized spacial score (nSPS) is 12.0. The van der Waals surface area contributed by atoms with E-state index in [9.17, 15) is 0 Å². The van der Waals surface area contributed by atoms with Gasteiger partial charge >= 0.3 is 0 Å². The van der Waals surface area contributed by atoms with Gasteiger partial charge in [0.05, 0.1) is 0 Å². The molecular weight excluding hydrogens is 270 g/mol. The Kier molecular flexibility index (Phi) is 5.88. The molecule has 0 spiro atoms. The quantitative estimate of drug-likeness (QED) is 0.699. The van der Waals surface area contributed by atoms with Crippen molar-refractivity contribution in [3.63, 3.8) is 0 Å². The lowest BCUT2D eigenvalue weighted by atomic mass is 9.98. The van der Waals surface area contributed by atoms with Gasteiger partial charge in [0.15, 0.2) is 0 Å². The Morgan fingerprint density at radius 3 is 2.64 bits per heavy atom. The molecule has 0 radical (unpaired) electrons. The maximum absolute atomic E-state index is 5.99. The summed E-state index contributed by atoms with van der Waals surface area (Å²) in [4.78, 5) is 0. The summed E-state index contributed by atoms with van der Waals surface area (Å²) in [5.41, 5.74) is 5.04. The van der Waals surface area contributed by atoms with Gasteiger partial charge in [0.1, 0.15) is 12.4 Å². The van der Waals surface area contributed by atoms with E-state index in [-0.39, 0.29) is 0 Å². The van der Waals surface area contributed by atoms with Crippen molar-refractivity contribution >= 4 is 5.69 Å². The lowest BCUT2D eigenvalue weighted by Gasteiger charge is -2.16. The second-order valence-electron chi connectivity index (χ2n) is 5.94. The number of ether oxygens (including phenoxy) is 1. The molecule has 1 unspecified atom stereocenters. The van der Waals surface area contributed by atoms with E-state index in [0.717, 1.165) is 18.7 Å². The number of nitrogens with one attached hydrogen (secondary N) is 1. The van der Waals surface area contributed by atoms with E-state index in [0.29, 0.717) is 12.5 Å². The molecule has 0 aliphatic carbocycles. The van der Waals surface area contributed by atoms with E-state index < -0.39 is 0 Å². The van der Waals surface area contributed by atoms with E-state index in [2.05, 4.69) is 69.4 Å². The first-order valence-electron chi connectivity index (χ1n) is 8.14. The second-order valence-corrected chi connectivity index (χ2v) is 5.94. The van der Waals surface area contributed by atoms with Gasteiger partial charge in [-0.1, -0.05) is 44.2 Å². The lowest BCUT2D eigenvalue weighted by molar-refractivity contribution is 0.327. The first-order valence-corrected chi connectivity index (χ1v) is 8.14. The molecule has 0 bridgehead atoms. The van der Waals surface area contributed by atoms with E-state index in [4.69, 9.17) is 4.74 Å². The minimum atomic E-state index is 0.531. The number of rotatable bonds is 7. The van der Waals surface area contributed by atoms with Gasteiger partial charge in [0.2, 0.25) is 0 Å². The van der Waals surface area contributed by atoms with Gasteiger partial charge in [-0.05, 0) is 55.0 Å². The molecule has 0 aliphatic heterocycles. The van der Waals surface area contributed by atoms with Gasteiger partial charge in [0.25, 0.3) is 0 Å². The number of hydrogen-bond acceptors (Lipinski definition) is 2. The van der Waals surface area contributed by atoms with E-state index in [1.54, 1.807) is 0 Å². The number of benzene rings is 2. The van der Waals surface area contributed by atoms with Crippen molar-refractivity contribution in [2.75, 3.05) is 18.5 Å². The summed E-state index contributed by atoms with van der Waals surface area (Å²) in [7, 11) is 0. The molecule has 118 valence electrons. The van der Waals surface area contributed by atoms with Crippen LogP contribution in [0.5, 0.6) is 5.75 Å². The SMILES string of the molecule is CCC(C)c1ccccc1OCCNc1cc(C)ccc1C. The lowest BCUT2D eigenvalue weighted by Crippen LogP contribution is -2.13. The summed E-state index contributed by atoms with van der Waals surface area (Å²) >= 11 is 0. The fourth-order valence-electron chi connectivity index (χ4n) is 2.51. The van der Waals surface area contributed by atoms with Crippen LogP contribution in [0.3, 0.4) is 0 Å². The van der Waals surface area contributed by atoms with Crippen LogP contribution in [0.25, 0.3) is 0 Å². The van der Waals surface area contributed by atoms with Crippen molar-refractivity contribution in [1.82, 2.24) is 0 Å². The Balaban J connectivity index is 1.90. The first-order chi connectivity index (χ1) is 10.6. The van der Waals surface area contributed by atoms with Gasteiger partial charge in [0, 0.05) is 12.2 Å². The van der Waals surface area contributed by atoms with Crippen molar-refractivity contribution in [2.45, 2.75) is 40.0 Å². The van der Waals surface area contributed by atoms with Crippen LogP contribution in [0.4, 0.5) is 5.69 Å². The van der Waals surface area contributed by atoms with Crippen molar-refractivity contribution in [3.05, 3.63) is 59.2 Å². The fraction of sp³-hybridized carbons (Fsp3) is 0.400. The second kappa shape index (κ2) is 7.88. The molecular formula is C20H27NO. The summed E-state index contributed by atoms with van der Waals surface area (Å²) in [5, 5.41) is 3.46. The molecule has 2 aromatic carbocycles. The van der Waals surface area contributed by atoms with Crippen molar-refractivity contribution < 1.29 is 4.74 Å². The minimum absolute atomic E-state index is 0.531. The van der Waals surface area contributed by atoms with E-state index >= 15 is 0 Å². The average molecular weight is 297 g/mol. The van der Waals surface area contributed by atoms with Crippen LogP contribution >= 0.6 is 0 Å². The third-order valence-corrected chi connectivity index (χ3v) is 4.13. The molecule has 0 saturated heterocycles. The van der Waals surface area contributed by atoms with Gasteiger partial charge < -0.3 is 10.1 Å². The van der Waals surface area contributed by atoms with Gasteiger partial charge in [-0.15, -0.1) is 0 Å². The zero-order valence-corrected chi connectivity index (χ0v) is 14.1. The maximum Gasteiger partial charge on any atom is 0.122 e. The molecule has 0 aromatic heterocycles. The van der Waals surface area contributed by atoms with Crippen LogP contribution in [0, 0.1) is 13.8 Å². The van der Waals surface area contributed by atoms with Gasteiger partial charge in [-0.2, -0.15) is 0 Å². The molecule has 1 atom stereocenters. The Morgan fingerprint density at radius 2 is 1.86 bits per heavy atom. The molecule has 0 heterocycles. The highest BCUT2D eigenvalue weighted by Crippen LogP contribution is 2.28. The minimum Gasteiger partial charge on any atom is -0.491 e. The first kappa shape index (κ1) is 16.4. The molecule has 0 amide bonds. The highest BCUT2D eigenvalue weighted by Gasteiger charge is 2.09. The van der Waals surface area contributed by atoms with Crippen molar-refractivity contribution in [1.29, 1.82) is 0 Å². The molecule has 2 nitrogen and oxygen atoms in total. The predicted molar refractivity (Wildman–Crippen MR) is 95.0 cm³/mol. The van der Waals surface area contributed by atoms with E-state index in [1.807, 2.05) is 6.07 Å². The van der Waals surface area contributed by atoms with Crippen molar-refractivity contribution in [3.8, 4) is 5.75 Å². The third kappa shape index (κ3) is 4.27. The topological polar surface area (TPSA) is 21.3 Å². The zero-order chi connectivity index (χ0) is 15.9. The predicted octanol–water partition coefficient (Wildman–Crippen LogP) is 5.31.